The van der Waals surface area contributed by atoms with Gasteiger partial charge >= 0.3 is 5.69 Å². The number of thioether (sulfide) groups is 1. The molecule has 2 aromatic heterocycles. The van der Waals surface area contributed by atoms with Gasteiger partial charge in [-0.2, -0.15) is 0 Å². The molecule has 7 nitrogen and oxygen atoms in total. The third-order valence-electron chi connectivity index (χ3n) is 4.70. The molecular formula is C20H25ClN4O3S. The maximum Gasteiger partial charge on any atom is 0.330 e. The van der Waals surface area contributed by atoms with Crippen LogP contribution in [0.15, 0.2) is 39.0 Å². The van der Waals surface area contributed by atoms with E-state index < -0.39 is 5.69 Å². The van der Waals surface area contributed by atoms with E-state index in [4.69, 9.17) is 11.6 Å². The zero-order chi connectivity index (χ0) is 21.0. The van der Waals surface area contributed by atoms with Crippen molar-refractivity contribution in [2.45, 2.75) is 44.9 Å². The standard InChI is InChI=1S/C20H25ClN4O3S/c1-3-10-29-20-23-17-16(25(20)11-14-4-6-15(21)7-5-14)18(27)24(19(28)22-17)9-8-13(2)12-26/h4-7,13,26H,3,8-12H2,1-2H3,(H,22,28). The number of nitrogens with zero attached hydrogens (tertiary/aromatic N) is 3. The molecule has 0 spiro atoms. The number of halogens is 1. The lowest BCUT2D eigenvalue weighted by Gasteiger charge is -2.11. The second-order valence-corrected chi connectivity index (χ2v) is 8.61. The van der Waals surface area contributed by atoms with E-state index in [1.165, 1.54) is 4.57 Å². The van der Waals surface area contributed by atoms with Crippen LogP contribution < -0.4 is 11.2 Å². The number of imidazole rings is 1. The van der Waals surface area contributed by atoms with Crippen molar-refractivity contribution in [2.75, 3.05) is 12.4 Å². The highest BCUT2D eigenvalue weighted by Gasteiger charge is 2.19. The molecule has 0 radical (unpaired) electrons. The number of fused-ring (bicyclic) bond motifs is 1. The lowest BCUT2D eigenvalue weighted by atomic mass is 10.1. The molecule has 2 heterocycles. The number of benzene rings is 1. The van der Waals surface area contributed by atoms with E-state index in [1.807, 2.05) is 35.8 Å². The largest absolute Gasteiger partial charge is 0.396 e. The van der Waals surface area contributed by atoms with Gasteiger partial charge in [0.2, 0.25) is 0 Å². The number of aliphatic hydroxyl groups excluding tert-OH is 1. The van der Waals surface area contributed by atoms with Crippen molar-refractivity contribution in [3.63, 3.8) is 0 Å². The van der Waals surface area contributed by atoms with E-state index >= 15 is 0 Å². The molecule has 0 amide bonds. The minimum Gasteiger partial charge on any atom is -0.396 e. The summed E-state index contributed by atoms with van der Waals surface area (Å²) in [5, 5.41) is 10.6. The average molecular weight is 437 g/mol. The zero-order valence-corrected chi connectivity index (χ0v) is 18.1. The quantitative estimate of drug-likeness (QED) is 0.503. The molecule has 1 atom stereocenters. The number of hydrogen-bond donors (Lipinski definition) is 2. The monoisotopic (exact) mass is 436 g/mol. The molecular weight excluding hydrogens is 412 g/mol. The van der Waals surface area contributed by atoms with Crippen molar-refractivity contribution in [1.29, 1.82) is 0 Å². The summed E-state index contributed by atoms with van der Waals surface area (Å²) in [7, 11) is 0. The van der Waals surface area contributed by atoms with Crippen molar-refractivity contribution in [3.8, 4) is 0 Å². The van der Waals surface area contributed by atoms with Gasteiger partial charge in [0.15, 0.2) is 16.3 Å². The fourth-order valence-electron chi connectivity index (χ4n) is 2.99. The van der Waals surface area contributed by atoms with Crippen LogP contribution in [0.1, 0.15) is 32.3 Å². The first-order chi connectivity index (χ1) is 13.9. The molecule has 0 saturated carbocycles. The number of hydrogen-bond acceptors (Lipinski definition) is 5. The van der Waals surface area contributed by atoms with E-state index in [0.717, 1.165) is 17.7 Å². The van der Waals surface area contributed by atoms with Crippen LogP contribution in [0.3, 0.4) is 0 Å². The zero-order valence-electron chi connectivity index (χ0n) is 16.5. The number of aliphatic hydroxyl groups is 1. The van der Waals surface area contributed by atoms with Crippen LogP contribution in [0.4, 0.5) is 0 Å². The second kappa shape index (κ2) is 9.65. The molecule has 0 aliphatic heterocycles. The molecule has 9 heteroatoms. The number of aromatic amines is 1. The Hall–Kier alpha value is -2.03. The Morgan fingerprint density at radius 2 is 1.97 bits per heavy atom. The first-order valence-corrected chi connectivity index (χ1v) is 11.0. The maximum absolute atomic E-state index is 13.2. The predicted octanol–water partition coefficient (Wildman–Crippen LogP) is 3.11. The highest BCUT2D eigenvalue weighted by atomic mass is 35.5. The Labute approximate surface area is 177 Å². The summed E-state index contributed by atoms with van der Waals surface area (Å²) < 4.78 is 3.06. The summed E-state index contributed by atoms with van der Waals surface area (Å²) in [6, 6.07) is 7.45. The van der Waals surface area contributed by atoms with Gasteiger partial charge in [-0.15, -0.1) is 0 Å². The van der Waals surface area contributed by atoms with Gasteiger partial charge in [0, 0.05) is 23.9 Å². The van der Waals surface area contributed by atoms with E-state index in [2.05, 4.69) is 16.9 Å². The Kier molecular flexibility index (Phi) is 7.21. The normalized spacial score (nSPS) is 12.6. The summed E-state index contributed by atoms with van der Waals surface area (Å²) in [5.41, 5.74) is 0.835. The van der Waals surface area contributed by atoms with E-state index in [0.29, 0.717) is 34.3 Å². The predicted molar refractivity (Wildman–Crippen MR) is 117 cm³/mol. The maximum atomic E-state index is 13.2. The molecule has 0 bridgehead atoms. The summed E-state index contributed by atoms with van der Waals surface area (Å²) in [5.74, 6) is 0.864. The molecule has 156 valence electrons. The van der Waals surface area contributed by atoms with Crippen molar-refractivity contribution in [3.05, 3.63) is 55.7 Å². The molecule has 0 saturated heterocycles. The van der Waals surface area contributed by atoms with Crippen LogP contribution in [0, 0.1) is 5.92 Å². The minimum absolute atomic E-state index is 0.00615. The number of nitrogens with one attached hydrogen (secondary N) is 1. The number of rotatable bonds is 9. The topological polar surface area (TPSA) is 92.9 Å². The second-order valence-electron chi connectivity index (χ2n) is 7.12. The van der Waals surface area contributed by atoms with E-state index in [1.54, 1.807) is 11.8 Å². The van der Waals surface area contributed by atoms with Crippen LogP contribution in [0.5, 0.6) is 0 Å². The average Bonchev–Trinajstić information content (AvgIpc) is 3.04. The Balaban J connectivity index is 2.10. The lowest BCUT2D eigenvalue weighted by Crippen LogP contribution is -2.36. The first kappa shape index (κ1) is 21.7. The van der Waals surface area contributed by atoms with E-state index in [9.17, 15) is 14.7 Å². The summed E-state index contributed by atoms with van der Waals surface area (Å²) in [6.07, 6.45) is 1.50. The van der Waals surface area contributed by atoms with Gasteiger partial charge in [-0.05, 0) is 36.5 Å². The van der Waals surface area contributed by atoms with Gasteiger partial charge in [-0.25, -0.2) is 9.78 Å². The van der Waals surface area contributed by atoms with Gasteiger partial charge in [0.25, 0.3) is 5.56 Å². The minimum atomic E-state index is -0.476. The van der Waals surface area contributed by atoms with Crippen molar-refractivity contribution >= 4 is 34.5 Å². The Bertz CT molecular complexity index is 1090. The van der Waals surface area contributed by atoms with Gasteiger partial charge in [-0.3, -0.25) is 14.3 Å². The number of aromatic nitrogens is 4. The van der Waals surface area contributed by atoms with Crippen molar-refractivity contribution in [1.82, 2.24) is 19.1 Å². The van der Waals surface area contributed by atoms with Gasteiger partial charge in [-0.1, -0.05) is 49.3 Å². The molecule has 3 rings (SSSR count). The summed E-state index contributed by atoms with van der Waals surface area (Å²) >= 11 is 7.55. The molecule has 0 aliphatic rings. The van der Waals surface area contributed by atoms with Crippen LogP contribution in [-0.4, -0.2) is 36.6 Å². The number of H-pyrrole nitrogens is 1. The lowest BCUT2D eigenvalue weighted by molar-refractivity contribution is 0.225. The van der Waals surface area contributed by atoms with E-state index in [-0.39, 0.29) is 24.6 Å². The molecule has 1 aromatic carbocycles. The van der Waals surface area contributed by atoms with Crippen LogP contribution >= 0.6 is 23.4 Å². The molecule has 2 N–H and O–H groups in total. The Morgan fingerprint density at radius 3 is 2.62 bits per heavy atom. The van der Waals surface area contributed by atoms with Crippen LogP contribution in [0.25, 0.3) is 11.2 Å². The smallest absolute Gasteiger partial charge is 0.330 e. The summed E-state index contributed by atoms with van der Waals surface area (Å²) in [4.78, 5) is 32.9. The molecule has 0 fully saturated rings. The summed E-state index contributed by atoms with van der Waals surface area (Å²) in [6.45, 7) is 4.67. The molecule has 1 unspecified atom stereocenters. The van der Waals surface area contributed by atoms with Gasteiger partial charge in [0.05, 0.1) is 6.54 Å². The fraction of sp³-hybridized carbons (Fsp3) is 0.450. The Morgan fingerprint density at radius 1 is 1.24 bits per heavy atom. The SMILES string of the molecule is CCCSc1nc2[nH]c(=O)n(CCC(C)CO)c(=O)c2n1Cc1ccc(Cl)cc1. The highest BCUT2D eigenvalue weighted by molar-refractivity contribution is 7.99. The first-order valence-electron chi connectivity index (χ1n) is 9.66. The molecule has 3 aromatic rings. The fourth-order valence-corrected chi connectivity index (χ4v) is 3.97. The van der Waals surface area contributed by atoms with Crippen LogP contribution in [-0.2, 0) is 13.1 Å². The molecule has 29 heavy (non-hydrogen) atoms. The van der Waals surface area contributed by atoms with Crippen molar-refractivity contribution in [2.24, 2.45) is 5.92 Å². The van der Waals surface area contributed by atoms with Crippen molar-refractivity contribution < 1.29 is 5.11 Å². The van der Waals surface area contributed by atoms with Gasteiger partial charge < -0.3 is 9.67 Å². The third-order valence-corrected chi connectivity index (χ3v) is 6.13. The molecule has 0 aliphatic carbocycles. The van der Waals surface area contributed by atoms with Crippen LogP contribution in [0.2, 0.25) is 5.02 Å². The highest BCUT2D eigenvalue weighted by Crippen LogP contribution is 2.23. The van der Waals surface area contributed by atoms with Gasteiger partial charge in [0.1, 0.15) is 0 Å². The third kappa shape index (κ3) is 4.94.